The maximum Gasteiger partial charge on any atom is 0.412 e. The standard InChI is InChI=1S/C72H75N4O8P/c1-69(2,3)81-65(77)73-52-30-21-26-48(42-52)44-61(50-28-23-32-54(46-50)75-67(79)83-71(7,8)9)58-39-25-40-59(64(58)60-38-19-20-41-63(60)85(56-34-15-13-16-35-56)57-36-17-14-18-37-57)62(51-29-24-33-55(47-51)76-68(80)84-72(10,11)12)45-49-27-22-31-53(43-49)74-66(78)82-70(4,5)6/h13-47H,1-12H3,(H,73,77)(H,74,78)(H,75,79)(H,76,80)/b61-44+,62-45+. The van der Waals surface area contributed by atoms with Crippen LogP contribution in [0.15, 0.2) is 200 Å². The molecule has 4 amide bonds. The number of hydrogen-bond donors (Lipinski definition) is 4. The SMILES string of the molecule is CC(C)(C)OC(=O)Nc1cccc(/C=C(\c2cccc(NC(=O)OC(C)(C)C)c2)c2cccc(/C(=C/c3cccc(NC(=O)OC(C)(C)C)c3)c3cccc(NC(=O)OC(C)(C)C)c3)c2-c2ccccc2P(c2ccccc2)c2ccccc2)c1. The summed E-state index contributed by atoms with van der Waals surface area (Å²) in [4.78, 5) is 53.5. The van der Waals surface area contributed by atoms with Gasteiger partial charge in [0.05, 0.1) is 0 Å². The largest absolute Gasteiger partial charge is 0.444 e. The van der Waals surface area contributed by atoms with Crippen LogP contribution in [0.2, 0.25) is 0 Å². The zero-order chi connectivity index (χ0) is 61.1. The van der Waals surface area contributed by atoms with Crippen molar-refractivity contribution >= 4 is 94.3 Å². The van der Waals surface area contributed by atoms with Crippen molar-refractivity contribution in [3.05, 3.63) is 234 Å². The molecule has 0 aliphatic rings. The van der Waals surface area contributed by atoms with E-state index in [1.165, 1.54) is 0 Å². The van der Waals surface area contributed by atoms with Crippen molar-refractivity contribution in [1.29, 1.82) is 0 Å². The number of hydrogen-bond acceptors (Lipinski definition) is 8. The van der Waals surface area contributed by atoms with Crippen LogP contribution < -0.4 is 37.2 Å². The molecule has 85 heavy (non-hydrogen) atoms. The van der Waals surface area contributed by atoms with Crippen molar-refractivity contribution < 1.29 is 38.1 Å². The van der Waals surface area contributed by atoms with E-state index in [9.17, 15) is 19.2 Å². The third kappa shape index (κ3) is 18.1. The molecule has 0 saturated carbocycles. The van der Waals surface area contributed by atoms with E-state index < -0.39 is 54.7 Å². The first-order chi connectivity index (χ1) is 40.2. The molecule has 0 fully saturated rings. The Labute approximate surface area is 501 Å². The second-order valence-corrected chi connectivity index (χ2v) is 26.5. The molecule has 8 rings (SSSR count). The molecule has 0 atom stereocenters. The number of amides is 4. The summed E-state index contributed by atoms with van der Waals surface area (Å²) in [6, 6.07) is 66.2. The van der Waals surface area contributed by atoms with Crippen LogP contribution in [0.4, 0.5) is 41.9 Å². The van der Waals surface area contributed by atoms with Gasteiger partial charge in [-0.2, -0.15) is 0 Å². The van der Waals surface area contributed by atoms with Gasteiger partial charge in [-0.1, -0.05) is 152 Å². The average molecular weight is 1160 g/mol. The number of ether oxygens (including phenoxy) is 4. The number of rotatable bonds is 14. The Balaban J connectivity index is 1.47. The van der Waals surface area contributed by atoms with E-state index in [0.29, 0.717) is 22.7 Å². The molecule has 436 valence electrons. The molecule has 0 bridgehead atoms. The van der Waals surface area contributed by atoms with Gasteiger partial charge in [0, 0.05) is 22.7 Å². The molecule has 0 spiro atoms. The van der Waals surface area contributed by atoms with Crippen molar-refractivity contribution in [2.45, 2.75) is 105 Å². The lowest BCUT2D eigenvalue weighted by Crippen LogP contribution is -2.27. The maximum absolute atomic E-state index is 13.5. The van der Waals surface area contributed by atoms with Crippen LogP contribution in [0.1, 0.15) is 116 Å². The summed E-state index contributed by atoms with van der Waals surface area (Å²) in [5, 5.41) is 15.2. The monoisotopic (exact) mass is 1150 g/mol. The first-order valence-electron chi connectivity index (χ1n) is 28.2. The summed E-state index contributed by atoms with van der Waals surface area (Å²) in [5.41, 5.74) is 7.05. The molecule has 0 unspecified atom stereocenters. The summed E-state index contributed by atoms with van der Waals surface area (Å²) < 4.78 is 22.8. The molecule has 0 aliphatic heterocycles. The third-order valence-electron chi connectivity index (χ3n) is 12.4. The Hall–Kier alpha value is -9.25. The fourth-order valence-electron chi connectivity index (χ4n) is 9.35. The number of nitrogens with one attached hydrogen (secondary N) is 4. The van der Waals surface area contributed by atoms with E-state index in [1.807, 2.05) is 198 Å². The van der Waals surface area contributed by atoms with E-state index in [2.05, 4.69) is 118 Å². The van der Waals surface area contributed by atoms with Crippen LogP contribution in [0.3, 0.4) is 0 Å². The van der Waals surface area contributed by atoms with E-state index in [-0.39, 0.29) is 0 Å². The summed E-state index contributed by atoms with van der Waals surface area (Å²) in [5.74, 6) is 0. The highest BCUT2D eigenvalue weighted by molar-refractivity contribution is 7.80. The molecule has 13 heteroatoms. The average Bonchev–Trinajstić information content (AvgIpc) is 1.61. The normalized spacial score (nSPS) is 12.2. The van der Waals surface area contributed by atoms with E-state index in [4.69, 9.17) is 18.9 Å². The second kappa shape index (κ2) is 26.5. The van der Waals surface area contributed by atoms with Gasteiger partial charge in [-0.15, -0.1) is 0 Å². The third-order valence-corrected chi connectivity index (χ3v) is 14.9. The molecule has 12 nitrogen and oxygen atoms in total. The Morgan fingerprint density at radius 2 is 0.671 bits per heavy atom. The Morgan fingerprint density at radius 3 is 1.04 bits per heavy atom. The van der Waals surface area contributed by atoms with Crippen molar-refractivity contribution in [2.24, 2.45) is 0 Å². The fourth-order valence-corrected chi connectivity index (χ4v) is 11.8. The molecule has 8 aromatic rings. The zero-order valence-corrected chi connectivity index (χ0v) is 51.3. The first kappa shape index (κ1) is 61.8. The van der Waals surface area contributed by atoms with Crippen molar-refractivity contribution in [2.75, 3.05) is 21.3 Å². The maximum atomic E-state index is 13.5. The molecule has 0 saturated heterocycles. The lowest BCUT2D eigenvalue weighted by Gasteiger charge is -2.26. The van der Waals surface area contributed by atoms with E-state index >= 15 is 0 Å². The number of anilines is 4. The van der Waals surface area contributed by atoms with Gasteiger partial charge in [-0.3, -0.25) is 21.3 Å². The highest BCUT2D eigenvalue weighted by Crippen LogP contribution is 2.45. The van der Waals surface area contributed by atoms with Gasteiger partial charge < -0.3 is 18.9 Å². The van der Waals surface area contributed by atoms with Crippen LogP contribution in [0.25, 0.3) is 34.4 Å². The fraction of sp³-hybridized carbons (Fsp3) is 0.222. The lowest BCUT2D eigenvalue weighted by atomic mass is 9.82. The Kier molecular flexibility index (Phi) is 19.3. The van der Waals surface area contributed by atoms with Crippen molar-refractivity contribution in [1.82, 2.24) is 0 Å². The van der Waals surface area contributed by atoms with Gasteiger partial charge in [0.1, 0.15) is 22.4 Å². The number of benzene rings is 8. The minimum Gasteiger partial charge on any atom is -0.444 e. The van der Waals surface area contributed by atoms with Gasteiger partial charge >= 0.3 is 24.4 Å². The van der Waals surface area contributed by atoms with Gasteiger partial charge in [0.2, 0.25) is 0 Å². The molecule has 0 radical (unpaired) electrons. The molecule has 0 aliphatic carbocycles. The van der Waals surface area contributed by atoms with Crippen LogP contribution in [0, 0.1) is 0 Å². The Morgan fingerprint density at radius 1 is 0.353 bits per heavy atom. The predicted octanol–water partition coefficient (Wildman–Crippen LogP) is 17.7. The number of carbonyl (C=O) groups excluding carboxylic acids is 4. The van der Waals surface area contributed by atoms with Gasteiger partial charge in [0.25, 0.3) is 0 Å². The van der Waals surface area contributed by atoms with Crippen molar-refractivity contribution in [3.63, 3.8) is 0 Å². The molecule has 0 heterocycles. The van der Waals surface area contributed by atoms with E-state index in [0.717, 1.165) is 71.6 Å². The Bertz CT molecular complexity index is 3540. The molecular weight excluding hydrogens is 1080 g/mol. The van der Waals surface area contributed by atoms with Gasteiger partial charge in [-0.05, 0) is 223 Å². The highest BCUT2D eigenvalue weighted by Gasteiger charge is 2.27. The van der Waals surface area contributed by atoms with Crippen LogP contribution >= 0.6 is 7.92 Å². The summed E-state index contributed by atoms with van der Waals surface area (Å²) in [7, 11) is -1.22. The molecular formula is C72H75N4O8P. The van der Waals surface area contributed by atoms with Gasteiger partial charge in [-0.25, -0.2) is 19.2 Å². The minimum absolute atomic E-state index is 0.502. The second-order valence-electron chi connectivity index (χ2n) is 24.3. The molecule has 8 aromatic carbocycles. The number of carbonyl (C=O) groups is 4. The summed E-state index contributed by atoms with van der Waals surface area (Å²) in [6.07, 6.45) is 1.76. The molecule has 0 aromatic heterocycles. The van der Waals surface area contributed by atoms with Crippen LogP contribution in [0.5, 0.6) is 0 Å². The quantitative estimate of drug-likeness (QED) is 0.0477. The van der Waals surface area contributed by atoms with Gasteiger partial charge in [0.15, 0.2) is 0 Å². The zero-order valence-electron chi connectivity index (χ0n) is 50.4. The van der Waals surface area contributed by atoms with Crippen LogP contribution in [-0.4, -0.2) is 46.8 Å². The minimum atomic E-state index is -1.22. The summed E-state index contributed by atoms with van der Waals surface area (Å²) in [6.45, 7) is 21.8. The van der Waals surface area contributed by atoms with Crippen LogP contribution in [-0.2, 0) is 18.9 Å². The predicted molar refractivity (Wildman–Crippen MR) is 350 cm³/mol. The topological polar surface area (TPSA) is 153 Å². The van der Waals surface area contributed by atoms with Crippen molar-refractivity contribution in [3.8, 4) is 11.1 Å². The smallest absolute Gasteiger partial charge is 0.412 e. The molecule has 4 N–H and O–H groups in total. The lowest BCUT2D eigenvalue weighted by molar-refractivity contribution is 0.0624. The summed E-state index contributed by atoms with van der Waals surface area (Å²) >= 11 is 0. The first-order valence-corrected chi connectivity index (χ1v) is 29.5. The van der Waals surface area contributed by atoms with E-state index in [1.54, 1.807) is 0 Å². The highest BCUT2D eigenvalue weighted by atomic mass is 31.1.